The third kappa shape index (κ3) is 1.61. The van der Waals surface area contributed by atoms with Crippen molar-refractivity contribution >= 4 is 45.4 Å². The zero-order valence-electron chi connectivity index (χ0n) is 7.91. The number of ether oxygens (including phenoxy) is 1. The van der Waals surface area contributed by atoms with E-state index in [2.05, 4.69) is 4.99 Å². The Bertz CT molecular complexity index is 591. The number of benzene rings is 1. The molecule has 2 nitrogen and oxygen atoms in total. The predicted molar refractivity (Wildman–Crippen MR) is 67.9 cm³/mol. The zero-order chi connectivity index (χ0) is 11.1. The Morgan fingerprint density at radius 1 is 1.12 bits per heavy atom. The van der Waals surface area contributed by atoms with Crippen molar-refractivity contribution in [3.05, 3.63) is 39.5 Å². The van der Waals surface area contributed by atoms with Gasteiger partial charge in [-0.3, -0.25) is 0 Å². The van der Waals surface area contributed by atoms with Gasteiger partial charge in [0.1, 0.15) is 16.6 Å². The van der Waals surface area contributed by atoms with Crippen molar-refractivity contribution in [1.29, 1.82) is 0 Å². The van der Waals surface area contributed by atoms with Crippen LogP contribution < -0.4 is 4.74 Å². The van der Waals surface area contributed by atoms with Gasteiger partial charge in [-0.25, -0.2) is 4.99 Å². The van der Waals surface area contributed by atoms with Gasteiger partial charge in [-0.1, -0.05) is 23.2 Å². The zero-order valence-corrected chi connectivity index (χ0v) is 10.2. The van der Waals surface area contributed by atoms with E-state index in [4.69, 9.17) is 27.9 Å². The van der Waals surface area contributed by atoms with Gasteiger partial charge in [-0.05, 0) is 18.2 Å². The van der Waals surface area contributed by atoms with Gasteiger partial charge in [-0.2, -0.15) is 0 Å². The second kappa shape index (κ2) is 3.77. The van der Waals surface area contributed by atoms with Crippen molar-refractivity contribution in [2.45, 2.75) is 0 Å². The van der Waals surface area contributed by atoms with Gasteiger partial charge in [0.15, 0.2) is 5.75 Å². The van der Waals surface area contributed by atoms with E-state index in [9.17, 15) is 0 Å². The Morgan fingerprint density at radius 2 is 2.00 bits per heavy atom. The highest BCUT2D eigenvalue weighted by molar-refractivity contribution is 7.08. The number of rotatable bonds is 0. The molecular weight excluding hydrogens is 265 g/mol. The lowest BCUT2D eigenvalue weighted by atomic mass is 10.3. The van der Waals surface area contributed by atoms with E-state index >= 15 is 0 Å². The molecule has 0 saturated heterocycles. The first-order valence-electron chi connectivity index (χ1n) is 4.52. The monoisotopic (exact) mass is 269 g/mol. The Labute approximate surface area is 106 Å². The second-order valence-electron chi connectivity index (χ2n) is 3.27. The summed E-state index contributed by atoms with van der Waals surface area (Å²) in [4.78, 5) is 4.29. The number of aliphatic imine (C=N–C) groups is 1. The fraction of sp³-hybridized carbons (Fsp3) is 0. The van der Waals surface area contributed by atoms with Crippen LogP contribution in [0.3, 0.4) is 0 Å². The maximum atomic E-state index is 6.11. The van der Waals surface area contributed by atoms with Crippen LogP contribution in [0.25, 0.3) is 0 Å². The first-order chi connectivity index (χ1) is 7.74. The van der Waals surface area contributed by atoms with Crippen molar-refractivity contribution < 1.29 is 4.74 Å². The van der Waals surface area contributed by atoms with Crippen LogP contribution in [0.4, 0.5) is 5.69 Å². The lowest BCUT2D eigenvalue weighted by Gasteiger charge is -2.04. The quantitative estimate of drug-likeness (QED) is 0.672. The highest BCUT2D eigenvalue weighted by Gasteiger charge is 2.17. The molecule has 3 rings (SSSR count). The molecule has 0 fully saturated rings. The maximum absolute atomic E-state index is 6.11. The molecule has 0 atom stereocenters. The fourth-order valence-corrected chi connectivity index (χ4v) is 2.66. The molecular formula is C11H5Cl2NOS. The first kappa shape index (κ1) is 10.1. The van der Waals surface area contributed by atoms with Crippen LogP contribution in [0.5, 0.6) is 11.5 Å². The summed E-state index contributed by atoms with van der Waals surface area (Å²) in [5.74, 6) is 1.40. The van der Waals surface area contributed by atoms with Gasteiger partial charge in [-0.15, -0.1) is 11.3 Å². The standard InChI is InChI=1S/C11H5Cl2NOS/c12-6-1-2-9-8(3-6)14-11(13)7-4-16-5-10(7)15-9/h1-5H. The molecule has 16 heavy (non-hydrogen) atoms. The van der Waals surface area contributed by atoms with Gasteiger partial charge < -0.3 is 4.74 Å². The maximum Gasteiger partial charge on any atom is 0.153 e. The average Bonchev–Trinajstić information content (AvgIpc) is 2.65. The van der Waals surface area contributed by atoms with E-state index in [1.165, 1.54) is 11.3 Å². The minimum atomic E-state index is 0.428. The van der Waals surface area contributed by atoms with Crippen LogP contribution in [0.2, 0.25) is 5.02 Å². The third-order valence-electron chi connectivity index (χ3n) is 2.21. The summed E-state index contributed by atoms with van der Waals surface area (Å²) >= 11 is 13.5. The lowest BCUT2D eigenvalue weighted by molar-refractivity contribution is 0.487. The van der Waals surface area contributed by atoms with Crippen LogP contribution >= 0.6 is 34.5 Å². The molecule has 1 aliphatic rings. The fourth-order valence-electron chi connectivity index (χ4n) is 1.46. The first-order valence-corrected chi connectivity index (χ1v) is 6.22. The van der Waals surface area contributed by atoms with Crippen molar-refractivity contribution in [3.8, 4) is 11.5 Å². The minimum Gasteiger partial charge on any atom is -0.453 e. The van der Waals surface area contributed by atoms with E-state index in [1.807, 2.05) is 10.8 Å². The van der Waals surface area contributed by atoms with E-state index in [0.29, 0.717) is 21.6 Å². The summed E-state index contributed by atoms with van der Waals surface area (Å²) in [6.45, 7) is 0. The van der Waals surface area contributed by atoms with Crippen LogP contribution in [0.15, 0.2) is 34.0 Å². The molecule has 0 saturated carbocycles. The highest BCUT2D eigenvalue weighted by Crippen LogP contribution is 2.40. The van der Waals surface area contributed by atoms with Gasteiger partial charge in [0.2, 0.25) is 0 Å². The van der Waals surface area contributed by atoms with Gasteiger partial charge in [0.25, 0.3) is 0 Å². The Morgan fingerprint density at radius 3 is 2.88 bits per heavy atom. The van der Waals surface area contributed by atoms with Gasteiger partial charge in [0, 0.05) is 15.8 Å². The number of fused-ring (bicyclic) bond motifs is 2. The number of hydrogen-bond donors (Lipinski definition) is 0. The van der Waals surface area contributed by atoms with E-state index in [-0.39, 0.29) is 0 Å². The van der Waals surface area contributed by atoms with Crippen molar-refractivity contribution in [2.24, 2.45) is 4.99 Å². The summed E-state index contributed by atoms with van der Waals surface area (Å²) in [5, 5.41) is 4.85. The molecule has 1 aromatic heterocycles. The van der Waals surface area contributed by atoms with Crippen molar-refractivity contribution in [2.75, 3.05) is 0 Å². The number of thiophene rings is 1. The Kier molecular flexibility index (Phi) is 2.39. The molecule has 0 aliphatic carbocycles. The van der Waals surface area contributed by atoms with Crippen LogP contribution in [0.1, 0.15) is 5.56 Å². The van der Waals surface area contributed by atoms with E-state index in [0.717, 1.165) is 11.3 Å². The summed E-state index contributed by atoms with van der Waals surface area (Å²) in [5.41, 5.74) is 1.47. The molecule has 0 N–H and O–H groups in total. The SMILES string of the molecule is ClC1=Nc2cc(Cl)ccc2Oc2cscc21. The molecule has 80 valence electrons. The summed E-state index contributed by atoms with van der Waals surface area (Å²) in [7, 11) is 0. The van der Waals surface area contributed by atoms with Crippen molar-refractivity contribution in [1.82, 2.24) is 0 Å². The second-order valence-corrected chi connectivity index (χ2v) is 4.80. The number of halogens is 2. The van der Waals surface area contributed by atoms with Crippen LogP contribution in [-0.2, 0) is 0 Å². The smallest absolute Gasteiger partial charge is 0.153 e. The number of nitrogens with zero attached hydrogens (tertiary/aromatic N) is 1. The summed E-state index contributed by atoms with van der Waals surface area (Å²) < 4.78 is 5.72. The van der Waals surface area contributed by atoms with Gasteiger partial charge in [0.05, 0.1) is 5.56 Å². The van der Waals surface area contributed by atoms with Gasteiger partial charge >= 0.3 is 0 Å². The molecule has 0 bridgehead atoms. The van der Waals surface area contributed by atoms with E-state index in [1.54, 1.807) is 18.2 Å². The molecule has 0 amide bonds. The normalized spacial score (nSPS) is 13.2. The summed E-state index contributed by atoms with van der Waals surface area (Å²) in [6, 6.07) is 5.29. The topological polar surface area (TPSA) is 21.6 Å². The molecule has 0 radical (unpaired) electrons. The molecule has 1 aliphatic heterocycles. The van der Waals surface area contributed by atoms with E-state index < -0.39 is 0 Å². The largest absolute Gasteiger partial charge is 0.453 e. The average molecular weight is 270 g/mol. The molecule has 2 heterocycles. The van der Waals surface area contributed by atoms with Crippen LogP contribution in [-0.4, -0.2) is 5.17 Å². The minimum absolute atomic E-state index is 0.428. The molecule has 2 aromatic rings. The molecule has 0 unspecified atom stereocenters. The van der Waals surface area contributed by atoms with Crippen molar-refractivity contribution in [3.63, 3.8) is 0 Å². The molecule has 5 heteroatoms. The Hall–Kier alpha value is -1.03. The summed E-state index contributed by atoms with van der Waals surface area (Å²) in [6.07, 6.45) is 0. The third-order valence-corrected chi connectivity index (χ3v) is 3.45. The predicted octanol–water partition coefficient (Wildman–Crippen LogP) is 4.82. The molecule has 0 spiro atoms. The molecule has 1 aromatic carbocycles. The van der Waals surface area contributed by atoms with Crippen LogP contribution in [0, 0.1) is 0 Å². The highest BCUT2D eigenvalue weighted by atomic mass is 35.5. The number of hydrogen-bond acceptors (Lipinski definition) is 3. The lowest BCUT2D eigenvalue weighted by Crippen LogP contribution is -1.87. The Balaban J connectivity index is 2.23.